The van der Waals surface area contributed by atoms with Crippen LogP contribution in [0.25, 0.3) is 11.3 Å². The number of aromatic nitrogens is 3. The molecular formula is C13H15N3O2. The van der Waals surface area contributed by atoms with Gasteiger partial charge in [-0.05, 0) is 18.6 Å². The largest absolute Gasteiger partial charge is 0.478 e. The summed E-state index contributed by atoms with van der Waals surface area (Å²) in [5.74, 6) is -0.927. The highest BCUT2D eigenvalue weighted by molar-refractivity contribution is 5.89. The molecule has 1 N–H and O–H groups in total. The van der Waals surface area contributed by atoms with E-state index in [4.69, 9.17) is 5.11 Å². The van der Waals surface area contributed by atoms with Crippen molar-refractivity contribution >= 4 is 5.97 Å². The first-order valence-electron chi connectivity index (χ1n) is 5.84. The summed E-state index contributed by atoms with van der Waals surface area (Å²) in [6, 6.07) is 3.34. The fourth-order valence-corrected chi connectivity index (χ4v) is 1.84. The van der Waals surface area contributed by atoms with E-state index in [9.17, 15) is 4.79 Å². The van der Waals surface area contributed by atoms with Crippen molar-refractivity contribution in [2.75, 3.05) is 0 Å². The smallest absolute Gasteiger partial charge is 0.337 e. The van der Waals surface area contributed by atoms with Gasteiger partial charge in [0, 0.05) is 18.8 Å². The van der Waals surface area contributed by atoms with E-state index in [0.717, 1.165) is 17.7 Å². The third-order valence-corrected chi connectivity index (χ3v) is 2.69. The van der Waals surface area contributed by atoms with Gasteiger partial charge in [-0.1, -0.05) is 13.3 Å². The summed E-state index contributed by atoms with van der Waals surface area (Å²) < 4.78 is 1.70. The highest BCUT2D eigenvalue weighted by Gasteiger charge is 2.12. The van der Waals surface area contributed by atoms with E-state index < -0.39 is 5.97 Å². The van der Waals surface area contributed by atoms with Crippen LogP contribution in [0.4, 0.5) is 0 Å². The standard InChI is InChI=1S/C13H15N3O2/c1-3-4-12-10(13(17)18)5-6-11(15-12)9-7-14-16(2)8-9/h5-8H,3-4H2,1-2H3,(H,17,18). The quantitative estimate of drug-likeness (QED) is 0.896. The minimum Gasteiger partial charge on any atom is -0.478 e. The number of hydrogen-bond acceptors (Lipinski definition) is 3. The Morgan fingerprint density at radius 1 is 1.44 bits per heavy atom. The summed E-state index contributed by atoms with van der Waals surface area (Å²) in [5, 5.41) is 13.2. The molecule has 0 saturated carbocycles. The zero-order valence-corrected chi connectivity index (χ0v) is 10.4. The normalized spacial score (nSPS) is 10.6. The Morgan fingerprint density at radius 3 is 2.78 bits per heavy atom. The average Bonchev–Trinajstić information content (AvgIpc) is 2.76. The maximum atomic E-state index is 11.1. The van der Waals surface area contributed by atoms with E-state index in [2.05, 4.69) is 10.1 Å². The summed E-state index contributed by atoms with van der Waals surface area (Å²) in [4.78, 5) is 15.5. The fraction of sp³-hybridized carbons (Fsp3) is 0.308. The number of hydrogen-bond donors (Lipinski definition) is 1. The average molecular weight is 245 g/mol. The number of aryl methyl sites for hydroxylation is 2. The van der Waals surface area contributed by atoms with Crippen molar-refractivity contribution in [3.8, 4) is 11.3 Å². The van der Waals surface area contributed by atoms with Crippen LogP contribution in [0.15, 0.2) is 24.5 Å². The second-order valence-corrected chi connectivity index (χ2v) is 4.15. The molecule has 0 atom stereocenters. The molecule has 0 saturated heterocycles. The van der Waals surface area contributed by atoms with E-state index in [-0.39, 0.29) is 5.56 Å². The number of carbonyl (C=O) groups is 1. The Morgan fingerprint density at radius 2 is 2.22 bits per heavy atom. The molecule has 0 aromatic carbocycles. The summed E-state index contributed by atoms with van der Waals surface area (Å²) >= 11 is 0. The van der Waals surface area contributed by atoms with Crippen LogP contribution in [0.5, 0.6) is 0 Å². The Labute approximate surface area is 105 Å². The number of pyridine rings is 1. The third kappa shape index (κ3) is 2.40. The van der Waals surface area contributed by atoms with Gasteiger partial charge in [0.05, 0.1) is 23.1 Å². The van der Waals surface area contributed by atoms with Crippen LogP contribution in [-0.4, -0.2) is 25.8 Å². The maximum absolute atomic E-state index is 11.1. The molecule has 0 unspecified atom stereocenters. The van der Waals surface area contributed by atoms with Crippen molar-refractivity contribution in [3.63, 3.8) is 0 Å². The number of carboxylic acid groups (broad SMARTS) is 1. The molecule has 94 valence electrons. The third-order valence-electron chi connectivity index (χ3n) is 2.69. The minimum atomic E-state index is -0.927. The number of carboxylic acids is 1. The predicted molar refractivity (Wildman–Crippen MR) is 67.4 cm³/mol. The zero-order chi connectivity index (χ0) is 13.1. The zero-order valence-electron chi connectivity index (χ0n) is 10.4. The van der Waals surface area contributed by atoms with Crippen molar-refractivity contribution < 1.29 is 9.90 Å². The van der Waals surface area contributed by atoms with Gasteiger partial charge in [-0.2, -0.15) is 5.10 Å². The fourth-order valence-electron chi connectivity index (χ4n) is 1.84. The Hall–Kier alpha value is -2.17. The first-order chi connectivity index (χ1) is 8.61. The van der Waals surface area contributed by atoms with Crippen LogP contribution in [0.2, 0.25) is 0 Å². The van der Waals surface area contributed by atoms with Crippen LogP contribution in [0.1, 0.15) is 29.4 Å². The first kappa shape index (κ1) is 12.3. The Bertz CT molecular complexity index is 575. The van der Waals surface area contributed by atoms with Crippen molar-refractivity contribution in [2.24, 2.45) is 7.05 Å². The molecule has 5 nitrogen and oxygen atoms in total. The van der Waals surface area contributed by atoms with Crippen LogP contribution in [0, 0.1) is 0 Å². The van der Waals surface area contributed by atoms with E-state index in [1.807, 2.05) is 20.2 Å². The van der Waals surface area contributed by atoms with Gasteiger partial charge in [-0.15, -0.1) is 0 Å². The van der Waals surface area contributed by atoms with E-state index >= 15 is 0 Å². The van der Waals surface area contributed by atoms with Crippen molar-refractivity contribution in [1.82, 2.24) is 14.8 Å². The van der Waals surface area contributed by atoms with Crippen LogP contribution in [-0.2, 0) is 13.5 Å². The highest BCUT2D eigenvalue weighted by Crippen LogP contribution is 2.19. The molecule has 0 bridgehead atoms. The molecule has 5 heteroatoms. The van der Waals surface area contributed by atoms with Gasteiger partial charge in [0.25, 0.3) is 0 Å². The summed E-state index contributed by atoms with van der Waals surface area (Å²) in [7, 11) is 1.84. The van der Waals surface area contributed by atoms with E-state index in [0.29, 0.717) is 12.1 Å². The molecular weight excluding hydrogens is 230 g/mol. The van der Waals surface area contributed by atoms with Gasteiger partial charge in [-0.3, -0.25) is 9.67 Å². The topological polar surface area (TPSA) is 68.0 Å². The lowest BCUT2D eigenvalue weighted by atomic mass is 10.1. The van der Waals surface area contributed by atoms with Crippen LogP contribution < -0.4 is 0 Å². The molecule has 2 aromatic rings. The molecule has 0 aliphatic heterocycles. The van der Waals surface area contributed by atoms with Gasteiger partial charge < -0.3 is 5.11 Å². The van der Waals surface area contributed by atoms with E-state index in [1.54, 1.807) is 23.0 Å². The van der Waals surface area contributed by atoms with Crippen molar-refractivity contribution in [2.45, 2.75) is 19.8 Å². The molecule has 0 aliphatic rings. The van der Waals surface area contributed by atoms with Gasteiger partial charge in [0.1, 0.15) is 0 Å². The molecule has 0 radical (unpaired) electrons. The van der Waals surface area contributed by atoms with Crippen molar-refractivity contribution in [3.05, 3.63) is 35.8 Å². The molecule has 0 aliphatic carbocycles. The van der Waals surface area contributed by atoms with Gasteiger partial charge in [0.2, 0.25) is 0 Å². The Kier molecular flexibility index (Phi) is 3.41. The van der Waals surface area contributed by atoms with Gasteiger partial charge in [-0.25, -0.2) is 4.79 Å². The lowest BCUT2D eigenvalue weighted by Gasteiger charge is -2.06. The monoisotopic (exact) mass is 245 g/mol. The Balaban J connectivity index is 2.45. The van der Waals surface area contributed by atoms with Crippen LogP contribution >= 0.6 is 0 Å². The second-order valence-electron chi connectivity index (χ2n) is 4.15. The van der Waals surface area contributed by atoms with E-state index in [1.165, 1.54) is 0 Å². The molecule has 0 fully saturated rings. The molecule has 2 aromatic heterocycles. The molecule has 2 rings (SSSR count). The molecule has 0 amide bonds. The molecule has 0 spiro atoms. The second kappa shape index (κ2) is 5.00. The maximum Gasteiger partial charge on any atom is 0.337 e. The van der Waals surface area contributed by atoms with Gasteiger partial charge >= 0.3 is 5.97 Å². The summed E-state index contributed by atoms with van der Waals surface area (Å²) in [6.45, 7) is 2.00. The number of aromatic carboxylic acids is 1. The lowest BCUT2D eigenvalue weighted by molar-refractivity contribution is 0.0695. The lowest BCUT2D eigenvalue weighted by Crippen LogP contribution is -2.05. The minimum absolute atomic E-state index is 0.282. The highest BCUT2D eigenvalue weighted by atomic mass is 16.4. The number of rotatable bonds is 4. The summed E-state index contributed by atoms with van der Waals surface area (Å²) in [5.41, 5.74) is 2.57. The molecule has 2 heterocycles. The predicted octanol–water partition coefficient (Wildman–Crippen LogP) is 2.13. The molecule has 18 heavy (non-hydrogen) atoms. The van der Waals surface area contributed by atoms with Crippen molar-refractivity contribution in [1.29, 1.82) is 0 Å². The van der Waals surface area contributed by atoms with Crippen LogP contribution in [0.3, 0.4) is 0 Å². The number of nitrogens with zero attached hydrogens (tertiary/aromatic N) is 3. The summed E-state index contributed by atoms with van der Waals surface area (Å²) in [6.07, 6.45) is 5.11. The SMILES string of the molecule is CCCc1nc(-c2cnn(C)c2)ccc1C(=O)O. The first-order valence-corrected chi connectivity index (χ1v) is 5.84. The van der Waals surface area contributed by atoms with Gasteiger partial charge in [0.15, 0.2) is 0 Å².